The van der Waals surface area contributed by atoms with Gasteiger partial charge in [0, 0.05) is 67.0 Å². The van der Waals surface area contributed by atoms with Crippen LogP contribution < -0.4 is 10.2 Å². The third-order valence-corrected chi connectivity index (χ3v) is 6.37. The fourth-order valence-corrected chi connectivity index (χ4v) is 4.46. The Balaban J connectivity index is 1.41. The molecule has 10 nitrogen and oxygen atoms in total. The molecular weight excluding hydrogens is 444 g/mol. The maximum atomic E-state index is 11.8. The van der Waals surface area contributed by atoms with Crippen molar-refractivity contribution in [2.75, 3.05) is 18.0 Å². The molecular formula is C25H26N8O2. The number of anilines is 1. The van der Waals surface area contributed by atoms with E-state index in [1.165, 1.54) is 6.92 Å². The number of nitriles is 1. The van der Waals surface area contributed by atoms with E-state index >= 15 is 0 Å². The second kappa shape index (κ2) is 9.19. The number of hydrogen-bond acceptors (Lipinski definition) is 7. The number of carbonyl (C=O) groups is 1. The number of fused-ring (bicyclic) bond motifs is 1. The molecule has 1 aliphatic rings. The fraction of sp³-hybridized carbons (Fsp3) is 0.320. The molecule has 1 saturated heterocycles. The summed E-state index contributed by atoms with van der Waals surface area (Å²) in [6.45, 7) is 3.00. The van der Waals surface area contributed by atoms with E-state index in [2.05, 4.69) is 26.5 Å². The molecule has 1 amide bonds. The van der Waals surface area contributed by atoms with Gasteiger partial charge in [-0.05, 0) is 38.0 Å². The van der Waals surface area contributed by atoms with Gasteiger partial charge in [-0.3, -0.25) is 9.48 Å². The molecule has 4 aromatic rings. The van der Waals surface area contributed by atoms with Crippen molar-refractivity contribution in [2.24, 2.45) is 7.05 Å². The van der Waals surface area contributed by atoms with Crippen molar-refractivity contribution in [1.29, 1.82) is 5.26 Å². The summed E-state index contributed by atoms with van der Waals surface area (Å²) in [6.07, 6.45) is 9.62. The largest absolute Gasteiger partial charge is 0.384 e. The first-order valence-electron chi connectivity index (χ1n) is 11.5. The molecule has 0 aliphatic carbocycles. The van der Waals surface area contributed by atoms with E-state index in [1.807, 2.05) is 43.8 Å². The van der Waals surface area contributed by atoms with Crippen LogP contribution in [0.4, 0.5) is 5.82 Å². The Hall–Kier alpha value is -4.23. The highest BCUT2D eigenvalue weighted by molar-refractivity contribution is 5.87. The van der Waals surface area contributed by atoms with Gasteiger partial charge in [0.2, 0.25) is 5.91 Å². The van der Waals surface area contributed by atoms with E-state index in [1.54, 1.807) is 21.6 Å². The normalized spacial score (nSPS) is 15.2. The van der Waals surface area contributed by atoms with Crippen LogP contribution in [-0.2, 0) is 11.8 Å². The lowest BCUT2D eigenvalue weighted by molar-refractivity contribution is -0.129. The topological polar surface area (TPSA) is 124 Å². The standard InChI is InChI=1S/C25H26N8O2/c1-16(34)25(35)30-21-5-7-32(8-6-21)23-4-3-17(11-27-23)22-9-18(20-13-28-31(2)14-20)15-33-24(22)19(10-26)12-29-33/h3-4,9,11-16,21,34H,5-8H2,1-2H3,(H,30,35). The second-order valence-corrected chi connectivity index (χ2v) is 8.86. The zero-order chi connectivity index (χ0) is 24.5. The van der Waals surface area contributed by atoms with Crippen molar-refractivity contribution >= 4 is 17.2 Å². The van der Waals surface area contributed by atoms with Gasteiger partial charge in [0.1, 0.15) is 18.0 Å². The van der Waals surface area contributed by atoms with Crippen LogP contribution in [-0.4, -0.2) is 60.6 Å². The summed E-state index contributed by atoms with van der Waals surface area (Å²) in [5.41, 5.74) is 4.91. The molecule has 10 heteroatoms. The number of aromatic nitrogens is 5. The predicted octanol–water partition coefficient (Wildman–Crippen LogP) is 2.13. The Kier molecular flexibility index (Phi) is 5.93. The molecule has 0 bridgehead atoms. The number of nitrogens with one attached hydrogen (secondary N) is 1. The summed E-state index contributed by atoms with van der Waals surface area (Å²) in [5.74, 6) is 0.532. The van der Waals surface area contributed by atoms with Gasteiger partial charge in [-0.1, -0.05) is 0 Å². The Morgan fingerprint density at radius 1 is 1.14 bits per heavy atom. The van der Waals surface area contributed by atoms with Crippen LogP contribution in [0.3, 0.4) is 0 Å². The summed E-state index contributed by atoms with van der Waals surface area (Å²) in [4.78, 5) is 18.7. The van der Waals surface area contributed by atoms with E-state index in [0.717, 1.165) is 59.5 Å². The highest BCUT2D eigenvalue weighted by Crippen LogP contribution is 2.32. The monoisotopic (exact) mass is 470 g/mol. The number of piperidine rings is 1. The van der Waals surface area contributed by atoms with Crippen LogP contribution in [0.2, 0.25) is 0 Å². The molecule has 35 heavy (non-hydrogen) atoms. The Morgan fingerprint density at radius 2 is 1.94 bits per heavy atom. The van der Waals surface area contributed by atoms with E-state index in [0.29, 0.717) is 5.56 Å². The third kappa shape index (κ3) is 4.46. The second-order valence-electron chi connectivity index (χ2n) is 8.86. The quantitative estimate of drug-likeness (QED) is 0.458. The van der Waals surface area contributed by atoms with Crippen molar-refractivity contribution in [3.8, 4) is 28.3 Å². The highest BCUT2D eigenvalue weighted by atomic mass is 16.3. The van der Waals surface area contributed by atoms with Gasteiger partial charge in [-0.15, -0.1) is 0 Å². The molecule has 1 aliphatic heterocycles. The molecule has 0 aromatic carbocycles. The molecule has 0 radical (unpaired) electrons. The van der Waals surface area contributed by atoms with E-state index in [-0.39, 0.29) is 11.9 Å². The Morgan fingerprint density at radius 3 is 2.57 bits per heavy atom. The van der Waals surface area contributed by atoms with Crippen molar-refractivity contribution in [3.05, 3.63) is 54.7 Å². The molecule has 5 rings (SSSR count). The van der Waals surface area contributed by atoms with Gasteiger partial charge in [-0.25, -0.2) is 9.50 Å². The van der Waals surface area contributed by atoms with E-state index in [4.69, 9.17) is 4.98 Å². The van der Waals surface area contributed by atoms with Crippen LogP contribution in [0.15, 0.2) is 49.2 Å². The van der Waals surface area contributed by atoms with Crippen molar-refractivity contribution in [3.63, 3.8) is 0 Å². The summed E-state index contributed by atoms with van der Waals surface area (Å²) in [5, 5.41) is 30.6. The minimum Gasteiger partial charge on any atom is -0.384 e. The molecule has 5 heterocycles. The first-order valence-corrected chi connectivity index (χ1v) is 11.5. The number of aliphatic hydroxyl groups excluding tert-OH is 1. The Labute approximate surface area is 202 Å². The zero-order valence-electron chi connectivity index (χ0n) is 19.6. The number of aliphatic hydroxyl groups is 1. The molecule has 178 valence electrons. The number of aryl methyl sites for hydroxylation is 1. The summed E-state index contributed by atoms with van der Waals surface area (Å²) < 4.78 is 3.48. The van der Waals surface area contributed by atoms with Crippen molar-refractivity contribution in [2.45, 2.75) is 31.9 Å². The number of amides is 1. The number of carbonyl (C=O) groups excluding carboxylic acids is 1. The lowest BCUT2D eigenvalue weighted by atomic mass is 10.0. The zero-order valence-corrected chi connectivity index (χ0v) is 19.6. The average Bonchev–Trinajstić information content (AvgIpc) is 3.50. The van der Waals surface area contributed by atoms with Gasteiger partial charge < -0.3 is 15.3 Å². The predicted molar refractivity (Wildman–Crippen MR) is 130 cm³/mol. The van der Waals surface area contributed by atoms with Gasteiger partial charge in [0.05, 0.1) is 23.5 Å². The SMILES string of the molecule is CC(O)C(=O)NC1CCN(c2ccc(-c3cc(-c4cnn(C)c4)cn4ncc(C#N)c34)cn2)CC1. The van der Waals surface area contributed by atoms with E-state index in [9.17, 15) is 15.2 Å². The van der Waals surface area contributed by atoms with E-state index < -0.39 is 6.10 Å². The summed E-state index contributed by atoms with van der Waals surface area (Å²) in [7, 11) is 1.87. The van der Waals surface area contributed by atoms with Gasteiger partial charge in [0.15, 0.2) is 0 Å². The number of hydrogen-bond donors (Lipinski definition) is 2. The molecule has 1 atom stereocenters. The van der Waals surface area contributed by atoms with Gasteiger partial charge in [0.25, 0.3) is 0 Å². The van der Waals surface area contributed by atoms with Crippen molar-refractivity contribution < 1.29 is 9.90 Å². The maximum absolute atomic E-state index is 11.8. The van der Waals surface area contributed by atoms with Crippen LogP contribution in [0.25, 0.3) is 27.8 Å². The van der Waals surface area contributed by atoms with Crippen LogP contribution in [0.5, 0.6) is 0 Å². The highest BCUT2D eigenvalue weighted by Gasteiger charge is 2.23. The van der Waals surface area contributed by atoms with Gasteiger partial charge >= 0.3 is 0 Å². The average molecular weight is 471 g/mol. The molecule has 1 fully saturated rings. The molecule has 4 aromatic heterocycles. The first-order chi connectivity index (χ1) is 16.9. The smallest absolute Gasteiger partial charge is 0.248 e. The summed E-state index contributed by atoms with van der Waals surface area (Å²) in [6, 6.07) is 8.34. The molecule has 1 unspecified atom stereocenters. The van der Waals surface area contributed by atoms with Crippen LogP contribution in [0, 0.1) is 11.3 Å². The fourth-order valence-electron chi connectivity index (χ4n) is 4.46. The number of nitrogens with zero attached hydrogens (tertiary/aromatic N) is 7. The Bertz CT molecular complexity index is 1410. The van der Waals surface area contributed by atoms with Crippen molar-refractivity contribution in [1.82, 2.24) is 29.7 Å². The first kappa shape index (κ1) is 22.6. The van der Waals surface area contributed by atoms with Gasteiger partial charge in [-0.2, -0.15) is 15.5 Å². The minimum atomic E-state index is -0.997. The molecule has 0 saturated carbocycles. The maximum Gasteiger partial charge on any atom is 0.248 e. The molecule has 2 N–H and O–H groups in total. The number of rotatable bonds is 5. The minimum absolute atomic E-state index is 0.0578. The van der Waals surface area contributed by atoms with Crippen LogP contribution in [0.1, 0.15) is 25.3 Å². The number of pyridine rings is 2. The lowest BCUT2D eigenvalue weighted by Gasteiger charge is -2.33. The lowest BCUT2D eigenvalue weighted by Crippen LogP contribution is -2.47. The third-order valence-electron chi connectivity index (χ3n) is 6.37. The summed E-state index contributed by atoms with van der Waals surface area (Å²) >= 11 is 0. The molecule has 0 spiro atoms. The van der Waals surface area contributed by atoms with Crippen LogP contribution >= 0.6 is 0 Å².